The lowest BCUT2D eigenvalue weighted by atomic mass is 10.3. The molecule has 2 aromatic rings. The highest BCUT2D eigenvalue weighted by Gasteiger charge is 2.22. The summed E-state index contributed by atoms with van der Waals surface area (Å²) in [4.78, 5) is 27.6. The van der Waals surface area contributed by atoms with E-state index in [1.165, 1.54) is 12.3 Å². The Balaban J connectivity index is 1.55. The molecule has 1 fully saturated rings. The smallest absolute Gasteiger partial charge is 0.323 e. The molecule has 1 aliphatic rings. The molecule has 0 saturated carbocycles. The monoisotopic (exact) mass is 324 g/mol. The Labute approximate surface area is 139 Å². The zero-order valence-electron chi connectivity index (χ0n) is 12.9. The van der Waals surface area contributed by atoms with Crippen molar-refractivity contribution in [2.45, 2.75) is 0 Å². The lowest BCUT2D eigenvalue weighted by molar-refractivity contribution is 0.208. The minimum Gasteiger partial charge on any atom is -0.506 e. The molecule has 8 nitrogen and oxygen atoms in total. The minimum absolute atomic E-state index is 0.0540. The quantitative estimate of drug-likeness (QED) is 0.826. The van der Waals surface area contributed by atoms with Gasteiger partial charge in [-0.1, -0.05) is 6.07 Å². The van der Waals surface area contributed by atoms with Gasteiger partial charge in [0.2, 0.25) is 5.69 Å². The van der Waals surface area contributed by atoms with Gasteiger partial charge in [0, 0.05) is 32.4 Å². The van der Waals surface area contributed by atoms with Crippen molar-refractivity contribution < 1.29 is 9.90 Å². The fourth-order valence-electron chi connectivity index (χ4n) is 2.42. The number of carbonyl (C=O) groups is 1. The number of pyridine rings is 2. The first-order valence-corrected chi connectivity index (χ1v) is 7.45. The van der Waals surface area contributed by atoms with Gasteiger partial charge in [0.25, 0.3) is 0 Å². The van der Waals surface area contributed by atoms with Crippen LogP contribution in [0.1, 0.15) is 0 Å². The summed E-state index contributed by atoms with van der Waals surface area (Å²) in [5, 5.41) is 11.9. The van der Waals surface area contributed by atoms with Gasteiger partial charge in [0.1, 0.15) is 17.4 Å². The third-order valence-electron chi connectivity index (χ3n) is 3.74. The zero-order chi connectivity index (χ0) is 16.9. The second kappa shape index (κ2) is 6.83. The zero-order valence-corrected chi connectivity index (χ0v) is 12.9. The van der Waals surface area contributed by atoms with Crippen LogP contribution >= 0.6 is 0 Å². The topological polar surface area (TPSA) is 86.0 Å². The molecule has 2 N–H and O–H groups in total. The maximum absolute atomic E-state index is 12.2. The molecule has 2 aromatic heterocycles. The average Bonchev–Trinajstić information content (AvgIpc) is 2.64. The summed E-state index contributed by atoms with van der Waals surface area (Å²) in [6, 6.07) is 6.36. The van der Waals surface area contributed by atoms with Crippen molar-refractivity contribution in [2.75, 3.05) is 36.4 Å². The number of carbonyl (C=O) groups excluding carboxylic acids is 1. The van der Waals surface area contributed by atoms with E-state index in [-0.39, 0.29) is 11.8 Å². The molecule has 8 heteroatoms. The van der Waals surface area contributed by atoms with Crippen molar-refractivity contribution in [3.63, 3.8) is 0 Å². The molecule has 1 aliphatic heterocycles. The van der Waals surface area contributed by atoms with E-state index in [1.54, 1.807) is 23.2 Å². The molecule has 0 aromatic carbocycles. The number of piperazine rings is 1. The average molecular weight is 324 g/mol. The molecule has 122 valence electrons. The van der Waals surface area contributed by atoms with Crippen LogP contribution in [0.4, 0.5) is 22.1 Å². The summed E-state index contributed by atoms with van der Waals surface area (Å²) in [5.41, 5.74) is 0.512. The molecule has 2 amide bonds. The first-order chi connectivity index (χ1) is 11.7. The SMILES string of the molecule is [C-]#[N+]c1ccc(N2CCN(C(=O)Nc3ccc(O)cn3)CC2)nc1. The Morgan fingerprint density at radius 1 is 1.12 bits per heavy atom. The predicted octanol–water partition coefficient (Wildman–Crippen LogP) is 2.09. The Morgan fingerprint density at radius 2 is 1.92 bits per heavy atom. The van der Waals surface area contributed by atoms with E-state index in [9.17, 15) is 9.90 Å². The van der Waals surface area contributed by atoms with Gasteiger partial charge in [-0.25, -0.2) is 14.6 Å². The number of hydrogen-bond donors (Lipinski definition) is 2. The van der Waals surface area contributed by atoms with E-state index >= 15 is 0 Å². The molecule has 3 heterocycles. The van der Waals surface area contributed by atoms with Gasteiger partial charge in [-0.2, -0.15) is 0 Å². The maximum Gasteiger partial charge on any atom is 0.323 e. The molecule has 0 unspecified atom stereocenters. The third kappa shape index (κ3) is 3.52. The molecular formula is C16H16N6O2. The summed E-state index contributed by atoms with van der Waals surface area (Å²) < 4.78 is 0. The molecule has 1 saturated heterocycles. The van der Waals surface area contributed by atoms with Gasteiger partial charge in [-0.3, -0.25) is 10.3 Å². The second-order valence-electron chi connectivity index (χ2n) is 5.29. The minimum atomic E-state index is -0.218. The Bertz CT molecular complexity index is 746. The van der Waals surface area contributed by atoms with E-state index in [2.05, 4.69) is 25.0 Å². The van der Waals surface area contributed by atoms with Gasteiger partial charge < -0.3 is 14.9 Å². The predicted molar refractivity (Wildman–Crippen MR) is 89.2 cm³/mol. The number of anilines is 2. The van der Waals surface area contributed by atoms with Crippen LogP contribution in [-0.2, 0) is 0 Å². The van der Waals surface area contributed by atoms with Crippen molar-refractivity contribution in [3.8, 4) is 5.75 Å². The number of hydrogen-bond acceptors (Lipinski definition) is 5. The van der Waals surface area contributed by atoms with Crippen LogP contribution < -0.4 is 10.2 Å². The van der Waals surface area contributed by atoms with Crippen LogP contribution in [0.2, 0.25) is 0 Å². The Kier molecular flexibility index (Phi) is 4.43. The summed E-state index contributed by atoms with van der Waals surface area (Å²) in [6.07, 6.45) is 2.84. The number of aromatic hydroxyl groups is 1. The van der Waals surface area contributed by atoms with Crippen LogP contribution in [0.25, 0.3) is 4.85 Å². The van der Waals surface area contributed by atoms with Crippen molar-refractivity contribution in [2.24, 2.45) is 0 Å². The van der Waals surface area contributed by atoms with Gasteiger partial charge >= 0.3 is 6.03 Å². The lowest BCUT2D eigenvalue weighted by Crippen LogP contribution is -2.50. The summed E-state index contributed by atoms with van der Waals surface area (Å²) in [7, 11) is 0. The van der Waals surface area contributed by atoms with Gasteiger partial charge in [-0.05, 0) is 18.2 Å². The Morgan fingerprint density at radius 3 is 2.50 bits per heavy atom. The van der Waals surface area contributed by atoms with Crippen LogP contribution in [0, 0.1) is 6.57 Å². The van der Waals surface area contributed by atoms with Crippen LogP contribution in [0.15, 0.2) is 36.7 Å². The summed E-state index contributed by atoms with van der Waals surface area (Å²) in [6.45, 7) is 9.40. The van der Waals surface area contributed by atoms with Gasteiger partial charge in [0.15, 0.2) is 0 Å². The number of urea groups is 1. The fourth-order valence-corrected chi connectivity index (χ4v) is 2.42. The standard InChI is InChI=1S/C16H16N6O2/c1-17-12-2-5-15(19-10-12)21-6-8-22(9-7-21)16(24)20-14-4-3-13(23)11-18-14/h2-5,10-11,23H,6-9H2,(H,18,20,24). The molecule has 0 spiro atoms. The van der Waals surface area contributed by atoms with Crippen molar-refractivity contribution in [1.29, 1.82) is 0 Å². The molecular weight excluding hydrogens is 308 g/mol. The fraction of sp³-hybridized carbons (Fsp3) is 0.250. The van der Waals surface area contributed by atoms with E-state index < -0.39 is 0 Å². The summed E-state index contributed by atoms with van der Waals surface area (Å²) in [5.74, 6) is 1.26. The first-order valence-electron chi connectivity index (χ1n) is 7.45. The number of amides is 2. The second-order valence-corrected chi connectivity index (χ2v) is 5.29. The number of nitrogens with zero attached hydrogens (tertiary/aromatic N) is 5. The van der Waals surface area contributed by atoms with E-state index in [1.807, 2.05) is 6.07 Å². The largest absolute Gasteiger partial charge is 0.506 e. The number of aromatic nitrogens is 2. The highest BCUT2D eigenvalue weighted by molar-refractivity contribution is 5.88. The molecule has 0 atom stereocenters. The Hall–Kier alpha value is -3.34. The van der Waals surface area contributed by atoms with Gasteiger partial charge in [-0.15, -0.1) is 0 Å². The lowest BCUT2D eigenvalue weighted by Gasteiger charge is -2.35. The number of nitrogens with one attached hydrogen (secondary N) is 1. The van der Waals surface area contributed by atoms with Crippen LogP contribution in [0.3, 0.4) is 0 Å². The maximum atomic E-state index is 12.2. The van der Waals surface area contributed by atoms with Gasteiger partial charge in [0.05, 0.1) is 12.8 Å². The van der Waals surface area contributed by atoms with Crippen LogP contribution in [-0.4, -0.2) is 52.2 Å². The van der Waals surface area contributed by atoms with Crippen molar-refractivity contribution in [3.05, 3.63) is 48.1 Å². The van der Waals surface area contributed by atoms with E-state index in [0.29, 0.717) is 37.7 Å². The molecule has 0 radical (unpaired) electrons. The van der Waals surface area contributed by atoms with Crippen molar-refractivity contribution in [1.82, 2.24) is 14.9 Å². The molecule has 24 heavy (non-hydrogen) atoms. The molecule has 0 bridgehead atoms. The summed E-state index contributed by atoms with van der Waals surface area (Å²) >= 11 is 0. The highest BCUT2D eigenvalue weighted by Crippen LogP contribution is 2.18. The number of rotatable bonds is 2. The normalized spacial score (nSPS) is 14.1. The van der Waals surface area contributed by atoms with E-state index in [4.69, 9.17) is 6.57 Å². The molecule has 3 rings (SSSR count). The van der Waals surface area contributed by atoms with E-state index in [0.717, 1.165) is 5.82 Å². The van der Waals surface area contributed by atoms with Crippen molar-refractivity contribution >= 4 is 23.4 Å². The molecule has 0 aliphatic carbocycles. The van der Waals surface area contributed by atoms with Crippen LogP contribution in [0.5, 0.6) is 5.75 Å². The highest BCUT2D eigenvalue weighted by atomic mass is 16.3. The first kappa shape index (κ1) is 15.6. The third-order valence-corrected chi connectivity index (χ3v) is 3.74.